The molecule has 0 saturated carbocycles. The van der Waals surface area contributed by atoms with Gasteiger partial charge in [-0.1, -0.05) is 11.3 Å². The van der Waals surface area contributed by atoms with E-state index in [1.54, 1.807) is 7.11 Å². The molecule has 0 spiro atoms. The third-order valence-corrected chi connectivity index (χ3v) is 6.03. The molecule has 30 heavy (non-hydrogen) atoms. The molecule has 3 heterocycles. The van der Waals surface area contributed by atoms with Crippen molar-refractivity contribution in [2.45, 2.75) is 19.8 Å². The lowest BCUT2D eigenvalue weighted by Gasteiger charge is -2.32. The number of nitrogen functional groups attached to an aromatic ring is 1. The van der Waals surface area contributed by atoms with Crippen molar-refractivity contribution in [3.8, 4) is 5.75 Å². The number of hydrogen-bond acceptors (Lipinski definition) is 10. The highest BCUT2D eigenvalue weighted by Crippen LogP contribution is 2.34. The first-order valence-corrected chi connectivity index (χ1v) is 10.6. The van der Waals surface area contributed by atoms with Crippen molar-refractivity contribution in [1.29, 1.82) is 0 Å². The number of nitrogens with one attached hydrogen (secondary N) is 1. The van der Waals surface area contributed by atoms with Crippen molar-refractivity contribution in [2.24, 2.45) is 5.92 Å². The van der Waals surface area contributed by atoms with E-state index in [0.717, 1.165) is 16.0 Å². The van der Waals surface area contributed by atoms with Crippen LogP contribution in [0, 0.1) is 5.92 Å². The van der Waals surface area contributed by atoms with E-state index in [2.05, 4.69) is 25.2 Å². The third kappa shape index (κ3) is 4.09. The van der Waals surface area contributed by atoms with Gasteiger partial charge in [0.15, 0.2) is 16.8 Å². The fourth-order valence-electron chi connectivity index (χ4n) is 3.51. The molecule has 1 fully saturated rings. The second kappa shape index (κ2) is 8.70. The summed E-state index contributed by atoms with van der Waals surface area (Å²) in [4.78, 5) is 27.3. The predicted octanol–water partition coefficient (Wildman–Crippen LogP) is 3.20. The zero-order valence-electron chi connectivity index (χ0n) is 16.9. The van der Waals surface area contributed by atoms with Crippen molar-refractivity contribution < 1.29 is 14.3 Å². The van der Waals surface area contributed by atoms with Gasteiger partial charge >= 0.3 is 5.97 Å². The Morgan fingerprint density at radius 2 is 2.13 bits per heavy atom. The number of fused-ring (bicyclic) bond motifs is 1. The maximum Gasteiger partial charge on any atom is 0.309 e. The van der Waals surface area contributed by atoms with Gasteiger partial charge in [0.25, 0.3) is 0 Å². The number of aromatic nitrogens is 3. The van der Waals surface area contributed by atoms with Crippen LogP contribution in [0.5, 0.6) is 5.75 Å². The summed E-state index contributed by atoms with van der Waals surface area (Å²) >= 11 is 1.50. The number of nitrogens with zero attached hydrogens (tertiary/aromatic N) is 4. The number of methoxy groups -OCH3 is 1. The summed E-state index contributed by atoms with van der Waals surface area (Å²) < 4.78 is 11.4. The lowest BCUT2D eigenvalue weighted by molar-refractivity contribution is -0.148. The minimum atomic E-state index is -0.123. The number of ether oxygens (including phenoxy) is 2. The second-order valence-corrected chi connectivity index (χ2v) is 7.98. The van der Waals surface area contributed by atoms with Crippen molar-refractivity contribution in [3.63, 3.8) is 0 Å². The van der Waals surface area contributed by atoms with E-state index < -0.39 is 0 Å². The summed E-state index contributed by atoms with van der Waals surface area (Å²) in [6.45, 7) is 3.60. The molecule has 9 nitrogen and oxygen atoms in total. The Bertz CT molecular complexity index is 1050. The van der Waals surface area contributed by atoms with Crippen LogP contribution < -0.4 is 20.7 Å². The zero-order valence-corrected chi connectivity index (χ0v) is 17.7. The Labute approximate surface area is 178 Å². The monoisotopic (exact) mass is 428 g/mol. The minimum Gasteiger partial charge on any atom is -0.497 e. The molecule has 3 N–H and O–H groups in total. The molecule has 3 aromatic rings. The third-order valence-electron chi connectivity index (χ3n) is 5.10. The Hall–Kier alpha value is -3.14. The molecule has 0 amide bonds. The fraction of sp³-hybridized carbons (Fsp3) is 0.400. The molecule has 0 bridgehead atoms. The molecule has 1 aliphatic rings. The minimum absolute atomic E-state index is 0.0680. The summed E-state index contributed by atoms with van der Waals surface area (Å²) in [7, 11) is 1.64. The summed E-state index contributed by atoms with van der Waals surface area (Å²) in [5.41, 5.74) is 7.71. The van der Waals surface area contributed by atoms with Gasteiger partial charge in [0.2, 0.25) is 0 Å². The van der Waals surface area contributed by atoms with Gasteiger partial charge in [-0.3, -0.25) is 4.79 Å². The molecule has 0 aliphatic carbocycles. The number of nitrogens with two attached hydrogens (primary N) is 1. The second-order valence-electron chi connectivity index (χ2n) is 6.95. The standard InChI is InChI=1S/C20H24N6O3S/c1-3-29-19(27)12-6-8-26(9-7-12)18-16(21)17(22-11-23-18)25-20-24-14-5-4-13(28-2)10-15(14)30-20/h4-5,10-12H,3,6-9,21H2,1-2H3,(H,22,23,24,25). The van der Waals surface area contributed by atoms with E-state index in [1.165, 1.54) is 17.7 Å². The van der Waals surface area contributed by atoms with Crippen molar-refractivity contribution in [3.05, 3.63) is 24.5 Å². The number of thiazole rings is 1. The fourth-order valence-corrected chi connectivity index (χ4v) is 4.40. The van der Waals surface area contributed by atoms with E-state index in [4.69, 9.17) is 15.2 Å². The highest BCUT2D eigenvalue weighted by molar-refractivity contribution is 7.22. The average Bonchev–Trinajstić information content (AvgIpc) is 3.17. The van der Waals surface area contributed by atoms with Crippen LogP contribution in [-0.2, 0) is 9.53 Å². The number of hydrogen-bond donors (Lipinski definition) is 2. The highest BCUT2D eigenvalue weighted by Gasteiger charge is 2.28. The summed E-state index contributed by atoms with van der Waals surface area (Å²) in [6.07, 6.45) is 2.91. The Morgan fingerprint density at radius 1 is 1.33 bits per heavy atom. The number of benzene rings is 1. The van der Waals surface area contributed by atoms with Gasteiger partial charge in [-0.2, -0.15) is 0 Å². The van der Waals surface area contributed by atoms with Crippen LogP contribution in [0.25, 0.3) is 10.2 Å². The molecule has 0 atom stereocenters. The number of rotatable bonds is 6. The first kappa shape index (κ1) is 20.1. The molecule has 4 rings (SSSR count). The van der Waals surface area contributed by atoms with Crippen molar-refractivity contribution in [1.82, 2.24) is 15.0 Å². The maximum atomic E-state index is 12.0. The van der Waals surface area contributed by atoms with Gasteiger partial charge in [-0.05, 0) is 38.0 Å². The molecule has 0 radical (unpaired) electrons. The summed E-state index contributed by atoms with van der Waals surface area (Å²) in [6, 6.07) is 5.74. The van der Waals surface area contributed by atoms with Gasteiger partial charge in [0, 0.05) is 13.1 Å². The Kier molecular flexibility index (Phi) is 5.84. The topological polar surface area (TPSA) is 115 Å². The van der Waals surface area contributed by atoms with Crippen molar-refractivity contribution >= 4 is 50.0 Å². The summed E-state index contributed by atoms with van der Waals surface area (Å²) in [5.74, 6) is 1.77. The van der Waals surface area contributed by atoms with E-state index in [1.807, 2.05) is 25.1 Å². The summed E-state index contributed by atoms with van der Waals surface area (Å²) in [5, 5.41) is 3.90. The van der Waals surface area contributed by atoms with Gasteiger partial charge in [0.1, 0.15) is 17.8 Å². The van der Waals surface area contributed by atoms with Crippen LogP contribution in [-0.4, -0.2) is 47.7 Å². The van der Waals surface area contributed by atoms with Crippen LogP contribution in [0.15, 0.2) is 24.5 Å². The maximum absolute atomic E-state index is 12.0. The molecular weight excluding hydrogens is 404 g/mol. The normalized spacial score (nSPS) is 14.7. The van der Waals surface area contributed by atoms with Crippen molar-refractivity contribution in [2.75, 3.05) is 42.8 Å². The van der Waals surface area contributed by atoms with Gasteiger partial charge in [-0.15, -0.1) is 0 Å². The Balaban J connectivity index is 1.49. The van der Waals surface area contributed by atoms with Gasteiger partial charge in [0.05, 0.1) is 29.9 Å². The van der Waals surface area contributed by atoms with Gasteiger partial charge in [-0.25, -0.2) is 15.0 Å². The molecule has 1 saturated heterocycles. The van der Waals surface area contributed by atoms with E-state index in [0.29, 0.717) is 55.0 Å². The number of anilines is 4. The highest BCUT2D eigenvalue weighted by atomic mass is 32.1. The molecule has 1 aromatic carbocycles. The smallest absolute Gasteiger partial charge is 0.309 e. The molecular formula is C20H24N6O3S. The lowest BCUT2D eigenvalue weighted by atomic mass is 9.97. The molecule has 1 aliphatic heterocycles. The first-order valence-electron chi connectivity index (χ1n) is 9.82. The number of carbonyl (C=O) groups excluding carboxylic acids is 1. The Morgan fingerprint density at radius 3 is 2.87 bits per heavy atom. The number of piperidine rings is 1. The van der Waals surface area contributed by atoms with Crippen LogP contribution in [0.1, 0.15) is 19.8 Å². The molecule has 0 unspecified atom stereocenters. The largest absolute Gasteiger partial charge is 0.497 e. The van der Waals surface area contributed by atoms with E-state index in [9.17, 15) is 4.79 Å². The lowest BCUT2D eigenvalue weighted by Crippen LogP contribution is -2.37. The van der Waals surface area contributed by atoms with Gasteiger partial charge < -0.3 is 25.4 Å². The van der Waals surface area contributed by atoms with E-state index in [-0.39, 0.29) is 11.9 Å². The SMILES string of the molecule is CCOC(=O)C1CCN(c2ncnc(Nc3nc4ccc(OC)cc4s3)c2N)CC1. The number of carbonyl (C=O) groups is 1. The quantitative estimate of drug-likeness (QED) is 0.571. The van der Waals surface area contributed by atoms with Crippen LogP contribution in [0.2, 0.25) is 0 Å². The average molecular weight is 429 g/mol. The predicted molar refractivity (Wildman–Crippen MR) is 117 cm³/mol. The number of esters is 1. The zero-order chi connectivity index (χ0) is 21.1. The molecule has 10 heteroatoms. The molecule has 2 aromatic heterocycles. The molecule has 158 valence electrons. The van der Waals surface area contributed by atoms with Crippen LogP contribution in [0.4, 0.5) is 22.5 Å². The van der Waals surface area contributed by atoms with Crippen LogP contribution in [0.3, 0.4) is 0 Å². The first-order chi connectivity index (χ1) is 14.6. The van der Waals surface area contributed by atoms with E-state index >= 15 is 0 Å². The van der Waals surface area contributed by atoms with Crippen LogP contribution >= 0.6 is 11.3 Å².